The molecule has 0 spiro atoms. The summed E-state index contributed by atoms with van der Waals surface area (Å²) in [4.78, 5) is 27.3. The van der Waals surface area contributed by atoms with Gasteiger partial charge >= 0.3 is 5.97 Å². The number of unbranched alkanes of at least 4 members (excludes halogenated alkanes) is 1. The van der Waals surface area contributed by atoms with Crippen LogP contribution in [-0.2, 0) is 14.3 Å². The first kappa shape index (κ1) is 28.5. The molecule has 2 atom stereocenters. The van der Waals surface area contributed by atoms with E-state index in [9.17, 15) is 14.7 Å². The zero-order chi connectivity index (χ0) is 28.3. The zero-order valence-electron chi connectivity index (χ0n) is 22.9. The maximum absolute atomic E-state index is 13.9. The number of ether oxygens (including phenoxy) is 4. The van der Waals surface area contributed by atoms with Crippen LogP contribution in [0.15, 0.2) is 57.3 Å². The summed E-state index contributed by atoms with van der Waals surface area (Å²) in [6.45, 7) is 4.14. The Balaban J connectivity index is 1.80. The summed E-state index contributed by atoms with van der Waals surface area (Å²) in [7, 11) is 4.63. The molecule has 2 aromatic carbocycles. The van der Waals surface area contributed by atoms with Crippen molar-refractivity contribution in [2.45, 2.75) is 51.4 Å². The number of dihydropyridines is 1. The highest BCUT2D eigenvalue weighted by molar-refractivity contribution is 9.10. The Morgan fingerprint density at radius 3 is 2.38 bits per heavy atom. The zero-order valence-corrected chi connectivity index (χ0v) is 24.4. The fourth-order valence-electron chi connectivity index (χ4n) is 5.29. The molecule has 1 aliphatic carbocycles. The van der Waals surface area contributed by atoms with Crippen LogP contribution in [0.5, 0.6) is 23.0 Å². The second-order valence-corrected chi connectivity index (χ2v) is 10.5. The van der Waals surface area contributed by atoms with E-state index in [1.54, 1.807) is 26.4 Å². The van der Waals surface area contributed by atoms with E-state index < -0.39 is 11.9 Å². The topological polar surface area (TPSA) is 103 Å². The number of carbonyl (C=O) groups is 2. The molecule has 1 heterocycles. The number of carbonyl (C=O) groups excluding carboxylic acids is 2. The number of halogens is 1. The quantitative estimate of drug-likeness (QED) is 0.272. The lowest BCUT2D eigenvalue weighted by molar-refractivity contribution is -0.139. The molecule has 2 aliphatic rings. The number of esters is 1. The van der Waals surface area contributed by atoms with Gasteiger partial charge in [-0.2, -0.15) is 0 Å². The Labute approximate surface area is 237 Å². The van der Waals surface area contributed by atoms with Gasteiger partial charge in [0.1, 0.15) is 0 Å². The standard InChI is InChI=1S/C30H34BrNO7/c1-6-7-10-39-30(35)26-16(2)32-21-12-18(17-8-9-23(36-3)24(14-17)37-4)13-22(33)28(21)27(26)19-11-20(31)29(34)25(15-19)38-5/h8-9,11,14-15,18,27,32,34H,6-7,10,12-13H2,1-5H3/t18-,27+/m1/s1. The van der Waals surface area contributed by atoms with Gasteiger partial charge < -0.3 is 29.4 Å². The van der Waals surface area contributed by atoms with Gasteiger partial charge in [-0.3, -0.25) is 4.79 Å². The van der Waals surface area contributed by atoms with Crippen molar-refractivity contribution < 1.29 is 33.6 Å². The lowest BCUT2D eigenvalue weighted by atomic mass is 9.71. The van der Waals surface area contributed by atoms with Crippen LogP contribution in [0, 0.1) is 0 Å². The molecule has 0 amide bonds. The third kappa shape index (κ3) is 5.64. The van der Waals surface area contributed by atoms with Gasteiger partial charge in [-0.25, -0.2) is 4.79 Å². The van der Waals surface area contributed by atoms with E-state index in [-0.39, 0.29) is 29.6 Å². The van der Waals surface area contributed by atoms with E-state index in [2.05, 4.69) is 21.2 Å². The summed E-state index contributed by atoms with van der Waals surface area (Å²) >= 11 is 3.40. The third-order valence-corrected chi connectivity index (χ3v) is 7.87. The molecule has 0 aromatic heterocycles. The largest absolute Gasteiger partial charge is 0.503 e. The number of allylic oxidation sites excluding steroid dienone is 3. The van der Waals surface area contributed by atoms with Crippen molar-refractivity contribution >= 4 is 27.7 Å². The summed E-state index contributed by atoms with van der Waals surface area (Å²) < 4.78 is 22.3. The Morgan fingerprint density at radius 1 is 1.03 bits per heavy atom. The molecule has 0 radical (unpaired) electrons. The van der Waals surface area contributed by atoms with Crippen LogP contribution in [0.3, 0.4) is 0 Å². The van der Waals surface area contributed by atoms with Gasteiger partial charge in [0.05, 0.1) is 38.0 Å². The van der Waals surface area contributed by atoms with Crippen LogP contribution in [-0.4, -0.2) is 44.8 Å². The highest BCUT2D eigenvalue weighted by atomic mass is 79.9. The van der Waals surface area contributed by atoms with Gasteiger partial charge in [-0.05, 0) is 77.0 Å². The average molecular weight is 601 g/mol. The Kier molecular flexibility index (Phi) is 8.90. The molecule has 2 aromatic rings. The molecular formula is C30H34BrNO7. The number of aromatic hydroxyl groups is 1. The van der Waals surface area contributed by atoms with Gasteiger partial charge in [-0.15, -0.1) is 0 Å². The van der Waals surface area contributed by atoms with Gasteiger partial charge in [-0.1, -0.05) is 19.4 Å². The number of Topliss-reactive ketones (excluding diaryl/α,β-unsaturated/α-hetero) is 1. The molecule has 0 saturated heterocycles. The van der Waals surface area contributed by atoms with Crippen LogP contribution >= 0.6 is 15.9 Å². The number of phenols is 1. The summed E-state index contributed by atoms with van der Waals surface area (Å²) in [5.41, 5.74) is 3.91. The molecule has 9 heteroatoms. The Hall–Kier alpha value is -3.46. The predicted octanol–water partition coefficient (Wildman–Crippen LogP) is 5.89. The predicted molar refractivity (Wildman–Crippen MR) is 150 cm³/mol. The SMILES string of the molecule is CCCCOC(=O)C1=C(C)NC2=C(C(=O)C[C@H](c3ccc(OC)c(OC)c3)C2)[C@H]1c1cc(Br)c(O)c(OC)c1. The van der Waals surface area contributed by atoms with Crippen molar-refractivity contribution in [3.8, 4) is 23.0 Å². The fraction of sp³-hybridized carbons (Fsp3) is 0.400. The molecule has 0 saturated carbocycles. The van der Waals surface area contributed by atoms with E-state index in [4.69, 9.17) is 18.9 Å². The van der Waals surface area contributed by atoms with Crippen molar-refractivity contribution in [1.29, 1.82) is 0 Å². The minimum Gasteiger partial charge on any atom is -0.503 e. The van der Waals surface area contributed by atoms with Gasteiger partial charge in [0.15, 0.2) is 28.8 Å². The van der Waals surface area contributed by atoms with Crippen molar-refractivity contribution in [3.63, 3.8) is 0 Å². The van der Waals surface area contributed by atoms with Gasteiger partial charge in [0.25, 0.3) is 0 Å². The number of rotatable bonds is 9. The molecule has 0 bridgehead atoms. The lowest BCUT2D eigenvalue weighted by Gasteiger charge is -2.37. The average Bonchev–Trinajstić information content (AvgIpc) is 2.93. The lowest BCUT2D eigenvalue weighted by Crippen LogP contribution is -2.36. The Morgan fingerprint density at radius 2 is 1.72 bits per heavy atom. The molecule has 0 fully saturated rings. The molecule has 1 aliphatic heterocycles. The smallest absolute Gasteiger partial charge is 0.336 e. The second kappa shape index (κ2) is 12.2. The van der Waals surface area contributed by atoms with Crippen molar-refractivity contribution in [1.82, 2.24) is 5.32 Å². The van der Waals surface area contributed by atoms with Gasteiger partial charge in [0.2, 0.25) is 0 Å². The van der Waals surface area contributed by atoms with Crippen LogP contribution < -0.4 is 19.5 Å². The second-order valence-electron chi connectivity index (χ2n) is 9.67. The first-order valence-corrected chi connectivity index (χ1v) is 13.7. The molecule has 4 rings (SSSR count). The van der Waals surface area contributed by atoms with E-state index in [1.165, 1.54) is 7.11 Å². The molecule has 0 unspecified atom stereocenters. The maximum atomic E-state index is 13.9. The number of hydrogen-bond acceptors (Lipinski definition) is 8. The van der Waals surface area contributed by atoms with Crippen molar-refractivity contribution in [2.24, 2.45) is 0 Å². The third-order valence-electron chi connectivity index (χ3n) is 7.26. The first-order valence-electron chi connectivity index (χ1n) is 12.9. The van der Waals surface area contributed by atoms with E-state index in [0.29, 0.717) is 51.4 Å². The van der Waals surface area contributed by atoms with Crippen LogP contribution in [0.1, 0.15) is 62.5 Å². The number of hydrogen-bond donors (Lipinski definition) is 2. The van der Waals surface area contributed by atoms with Gasteiger partial charge in [0, 0.05) is 29.3 Å². The molecule has 208 valence electrons. The van der Waals surface area contributed by atoms with Crippen LogP contribution in [0.25, 0.3) is 0 Å². The highest BCUT2D eigenvalue weighted by Crippen LogP contribution is 2.48. The summed E-state index contributed by atoms with van der Waals surface area (Å²) in [6, 6.07) is 9.09. The van der Waals surface area contributed by atoms with Crippen LogP contribution in [0.2, 0.25) is 0 Å². The molecule has 8 nitrogen and oxygen atoms in total. The summed E-state index contributed by atoms with van der Waals surface area (Å²) in [5, 5.41) is 13.8. The minimum atomic E-state index is -0.681. The minimum absolute atomic E-state index is 0.0550. The molecule has 2 N–H and O–H groups in total. The molecule has 39 heavy (non-hydrogen) atoms. The van der Waals surface area contributed by atoms with E-state index in [0.717, 1.165) is 24.1 Å². The summed E-state index contributed by atoms with van der Waals surface area (Å²) in [5.74, 6) is 0.104. The number of benzene rings is 2. The Bertz CT molecular complexity index is 1350. The normalized spacial score (nSPS) is 18.9. The fourth-order valence-corrected chi connectivity index (χ4v) is 5.75. The maximum Gasteiger partial charge on any atom is 0.336 e. The van der Waals surface area contributed by atoms with E-state index >= 15 is 0 Å². The molecular weight excluding hydrogens is 566 g/mol. The number of phenolic OH excluding ortho intramolecular Hbond substituents is 1. The van der Waals surface area contributed by atoms with E-state index in [1.807, 2.05) is 32.0 Å². The first-order chi connectivity index (χ1) is 18.7. The number of nitrogens with one attached hydrogen (secondary N) is 1. The number of ketones is 1. The summed E-state index contributed by atoms with van der Waals surface area (Å²) in [6.07, 6.45) is 2.47. The number of methoxy groups -OCH3 is 3. The van der Waals surface area contributed by atoms with Crippen molar-refractivity contribution in [3.05, 3.63) is 68.5 Å². The van der Waals surface area contributed by atoms with Crippen molar-refractivity contribution in [2.75, 3.05) is 27.9 Å². The highest BCUT2D eigenvalue weighted by Gasteiger charge is 2.42. The monoisotopic (exact) mass is 599 g/mol. The van der Waals surface area contributed by atoms with Crippen LogP contribution in [0.4, 0.5) is 0 Å².